The minimum absolute atomic E-state index is 0.0740. The van der Waals surface area contributed by atoms with Crippen molar-refractivity contribution in [3.8, 4) is 5.75 Å². The Labute approximate surface area is 222 Å². The molecule has 4 rings (SSSR count). The molecule has 9 heteroatoms. The van der Waals surface area contributed by atoms with E-state index >= 15 is 0 Å². The largest absolute Gasteiger partial charge is 0.487 e. The van der Waals surface area contributed by atoms with E-state index in [1.54, 1.807) is 42.5 Å². The maximum Gasteiger partial charge on any atom is 0.282 e. The summed E-state index contributed by atoms with van der Waals surface area (Å²) in [7, 11) is 0. The number of amides is 2. The number of hydrogen-bond acceptors (Lipinski definition) is 3. The average Bonchev–Trinajstić information content (AvgIpc) is 3.04. The lowest BCUT2D eigenvalue weighted by Gasteiger charge is -2.14. The third-order valence-corrected chi connectivity index (χ3v) is 6.95. The molecule has 0 radical (unpaired) electrons. The molecule has 3 aromatic carbocycles. The number of para-hydroxylation sites is 1. The standard InChI is InChI=1S/C23H14Cl2I2N2O3/c24-17-7-6-13(9-18(17)25)12-32-21-19(26)10-14(11-20(21)27)8-16-22(30)28-29(23(16)31)15-4-2-1-3-5-15/h1-11H,12H2,(H,28,30)/b16-8-. The van der Waals surface area contributed by atoms with E-state index in [4.69, 9.17) is 27.9 Å². The number of hydrazine groups is 1. The number of hydrogen-bond donors (Lipinski definition) is 1. The van der Waals surface area contributed by atoms with Crippen LogP contribution in [0, 0.1) is 7.14 Å². The topological polar surface area (TPSA) is 58.6 Å². The lowest BCUT2D eigenvalue weighted by atomic mass is 10.1. The predicted molar refractivity (Wildman–Crippen MR) is 143 cm³/mol. The van der Waals surface area contributed by atoms with Crippen LogP contribution in [0.3, 0.4) is 0 Å². The number of nitrogens with zero attached hydrogens (tertiary/aromatic N) is 1. The highest BCUT2D eigenvalue weighted by molar-refractivity contribution is 14.1. The molecule has 32 heavy (non-hydrogen) atoms. The molecule has 1 N–H and O–H groups in total. The Bertz CT molecular complexity index is 1230. The molecular formula is C23H14Cl2I2N2O3. The fourth-order valence-electron chi connectivity index (χ4n) is 3.07. The molecule has 0 aliphatic carbocycles. The summed E-state index contributed by atoms with van der Waals surface area (Å²) in [5.41, 5.74) is 4.91. The van der Waals surface area contributed by atoms with Crippen molar-refractivity contribution in [3.63, 3.8) is 0 Å². The van der Waals surface area contributed by atoms with Crippen LogP contribution >= 0.6 is 68.4 Å². The first-order valence-electron chi connectivity index (χ1n) is 9.31. The molecule has 1 fully saturated rings. The summed E-state index contributed by atoms with van der Waals surface area (Å²) in [6.07, 6.45) is 1.59. The van der Waals surface area contributed by atoms with Gasteiger partial charge in [0.1, 0.15) is 17.9 Å². The number of ether oxygens (including phenoxy) is 1. The van der Waals surface area contributed by atoms with E-state index < -0.39 is 11.8 Å². The van der Waals surface area contributed by atoms with Crippen LogP contribution in [0.5, 0.6) is 5.75 Å². The molecule has 0 aromatic heterocycles. The first-order valence-corrected chi connectivity index (χ1v) is 12.2. The lowest BCUT2D eigenvalue weighted by molar-refractivity contribution is -0.117. The zero-order valence-corrected chi connectivity index (χ0v) is 22.1. The van der Waals surface area contributed by atoms with Gasteiger partial charge in [-0.2, -0.15) is 0 Å². The molecular weight excluding hydrogens is 677 g/mol. The highest BCUT2D eigenvalue weighted by Crippen LogP contribution is 2.32. The Hall–Kier alpha value is -1.82. The van der Waals surface area contributed by atoms with Gasteiger partial charge in [0.15, 0.2) is 0 Å². The van der Waals surface area contributed by atoms with Gasteiger partial charge in [-0.1, -0.05) is 47.5 Å². The molecule has 0 saturated carbocycles. The minimum Gasteiger partial charge on any atom is -0.487 e. The van der Waals surface area contributed by atoms with Crippen LogP contribution in [0.4, 0.5) is 5.69 Å². The fraction of sp³-hybridized carbons (Fsp3) is 0.0435. The molecule has 3 aromatic rings. The van der Waals surface area contributed by atoms with Crippen molar-refractivity contribution in [3.05, 3.63) is 94.5 Å². The smallest absolute Gasteiger partial charge is 0.282 e. The van der Waals surface area contributed by atoms with Crippen LogP contribution in [-0.2, 0) is 16.2 Å². The summed E-state index contributed by atoms with van der Waals surface area (Å²) in [6, 6.07) is 18.1. The summed E-state index contributed by atoms with van der Waals surface area (Å²) >= 11 is 16.4. The van der Waals surface area contributed by atoms with Gasteiger partial charge in [-0.15, -0.1) is 0 Å². The van der Waals surface area contributed by atoms with Crippen LogP contribution in [0.25, 0.3) is 6.08 Å². The molecule has 2 amide bonds. The summed E-state index contributed by atoms with van der Waals surface area (Å²) in [6.45, 7) is 0.330. The van der Waals surface area contributed by atoms with Gasteiger partial charge in [-0.05, 0) is 98.8 Å². The van der Waals surface area contributed by atoms with E-state index in [9.17, 15) is 9.59 Å². The maximum atomic E-state index is 12.8. The predicted octanol–water partition coefficient (Wildman–Crippen LogP) is 6.24. The van der Waals surface area contributed by atoms with Crippen LogP contribution in [-0.4, -0.2) is 11.8 Å². The van der Waals surface area contributed by atoms with E-state index in [1.807, 2.05) is 24.3 Å². The van der Waals surface area contributed by atoms with Gasteiger partial charge in [0.2, 0.25) is 0 Å². The van der Waals surface area contributed by atoms with Crippen molar-refractivity contribution in [1.82, 2.24) is 5.43 Å². The number of carbonyl (C=O) groups is 2. The quantitative estimate of drug-likeness (QED) is 0.196. The number of carbonyl (C=O) groups excluding carboxylic acids is 2. The number of benzene rings is 3. The Morgan fingerprint density at radius 1 is 0.938 bits per heavy atom. The van der Waals surface area contributed by atoms with E-state index in [2.05, 4.69) is 50.6 Å². The minimum atomic E-state index is -0.441. The molecule has 0 atom stereocenters. The van der Waals surface area contributed by atoms with Crippen LogP contribution in [0.15, 0.2) is 66.2 Å². The van der Waals surface area contributed by atoms with Gasteiger partial charge < -0.3 is 4.74 Å². The highest BCUT2D eigenvalue weighted by atomic mass is 127. The Morgan fingerprint density at radius 2 is 1.62 bits per heavy atom. The number of rotatable bonds is 5. The van der Waals surface area contributed by atoms with Gasteiger partial charge in [0, 0.05) is 0 Å². The molecule has 1 aliphatic heterocycles. The second kappa shape index (κ2) is 9.98. The average molecular weight is 691 g/mol. The van der Waals surface area contributed by atoms with Gasteiger partial charge in [0.05, 0.1) is 22.9 Å². The zero-order valence-electron chi connectivity index (χ0n) is 16.2. The Kier molecular flexibility index (Phi) is 7.28. The highest BCUT2D eigenvalue weighted by Gasteiger charge is 2.34. The molecule has 1 aliphatic rings. The van der Waals surface area contributed by atoms with Crippen molar-refractivity contribution in [1.29, 1.82) is 0 Å². The first-order chi connectivity index (χ1) is 15.3. The second-order valence-corrected chi connectivity index (χ2v) is 9.96. The van der Waals surface area contributed by atoms with Crippen LogP contribution < -0.4 is 15.2 Å². The molecule has 162 valence electrons. The summed E-state index contributed by atoms with van der Waals surface area (Å²) in [5.74, 6) is -0.123. The lowest BCUT2D eigenvalue weighted by Crippen LogP contribution is -2.35. The van der Waals surface area contributed by atoms with Crippen molar-refractivity contribution < 1.29 is 14.3 Å². The van der Waals surface area contributed by atoms with Gasteiger partial charge in [0.25, 0.3) is 11.8 Å². The van der Waals surface area contributed by atoms with Gasteiger partial charge >= 0.3 is 0 Å². The van der Waals surface area contributed by atoms with E-state index in [-0.39, 0.29) is 5.57 Å². The second-order valence-electron chi connectivity index (χ2n) is 6.83. The van der Waals surface area contributed by atoms with Gasteiger partial charge in [-0.25, -0.2) is 5.01 Å². The summed E-state index contributed by atoms with van der Waals surface area (Å²) < 4.78 is 7.71. The first kappa shape index (κ1) is 23.3. The normalized spacial score (nSPS) is 14.8. The van der Waals surface area contributed by atoms with E-state index in [1.165, 1.54) is 5.01 Å². The van der Waals surface area contributed by atoms with Crippen LogP contribution in [0.2, 0.25) is 10.0 Å². The third kappa shape index (κ3) is 5.05. The van der Waals surface area contributed by atoms with E-state index in [0.29, 0.717) is 28.1 Å². The zero-order chi connectivity index (χ0) is 22.8. The van der Waals surface area contributed by atoms with Crippen molar-refractivity contribution in [2.24, 2.45) is 0 Å². The summed E-state index contributed by atoms with van der Waals surface area (Å²) in [4.78, 5) is 25.2. The Morgan fingerprint density at radius 3 is 2.28 bits per heavy atom. The SMILES string of the molecule is O=C1NN(c2ccccc2)C(=O)/C1=C\c1cc(I)c(OCc2ccc(Cl)c(Cl)c2)c(I)c1. The third-order valence-electron chi connectivity index (χ3n) is 4.60. The fourth-order valence-corrected chi connectivity index (χ4v) is 5.52. The van der Waals surface area contributed by atoms with Crippen molar-refractivity contribution in [2.45, 2.75) is 6.61 Å². The Balaban J connectivity index is 1.55. The number of halogens is 4. The number of anilines is 1. The number of nitrogens with one attached hydrogen (secondary N) is 1. The molecule has 1 saturated heterocycles. The van der Waals surface area contributed by atoms with E-state index in [0.717, 1.165) is 18.3 Å². The monoisotopic (exact) mass is 690 g/mol. The van der Waals surface area contributed by atoms with Crippen LogP contribution in [0.1, 0.15) is 11.1 Å². The van der Waals surface area contributed by atoms with Crippen molar-refractivity contribution in [2.75, 3.05) is 5.01 Å². The molecule has 0 bridgehead atoms. The molecule has 0 unspecified atom stereocenters. The summed E-state index contributed by atoms with van der Waals surface area (Å²) in [5, 5.41) is 2.22. The maximum absolute atomic E-state index is 12.8. The van der Waals surface area contributed by atoms with Crippen molar-refractivity contribution >= 4 is 92.0 Å². The molecule has 5 nitrogen and oxygen atoms in total. The molecule has 1 heterocycles. The molecule has 0 spiro atoms. The van der Waals surface area contributed by atoms with Gasteiger partial charge in [-0.3, -0.25) is 15.0 Å².